The highest BCUT2D eigenvalue weighted by Crippen LogP contribution is 2.74. The summed E-state index contributed by atoms with van der Waals surface area (Å²) in [5.41, 5.74) is 1.45. The predicted octanol–water partition coefficient (Wildman–Crippen LogP) is 5.74. The van der Waals surface area contributed by atoms with Crippen LogP contribution in [0.15, 0.2) is 20.7 Å². The number of esters is 1. The van der Waals surface area contributed by atoms with Crippen LogP contribution in [0.2, 0.25) is 0 Å². The van der Waals surface area contributed by atoms with Crippen LogP contribution < -0.4 is 11.4 Å². The third-order valence-electron chi connectivity index (χ3n) is 14.3. The molecule has 1 aromatic rings. The fraction of sp³-hybridized carbons (Fsp3) is 0.833. The van der Waals surface area contributed by atoms with Gasteiger partial charge in [0.15, 0.2) is 0 Å². The Balaban J connectivity index is 0.00000175. The number of ether oxygens (including phenoxy) is 2. The van der Waals surface area contributed by atoms with Gasteiger partial charge in [0.25, 0.3) is 6.47 Å². The minimum Gasteiger partial charge on any atom is -0.467 e. The number of fused-ring (bicyclic) bond motifs is 7. The van der Waals surface area contributed by atoms with Gasteiger partial charge in [-0.3, -0.25) is 9.59 Å². The van der Waals surface area contributed by atoms with Crippen LogP contribution in [0.25, 0.3) is 0 Å². The number of carbonyl (C=O) groups is 2. The maximum Gasteiger partial charge on any atom is 0.347 e. The standard InChI is InChI=1S/C34H49N3O6.C2H6/c1-19(2)34-15-14-33(17-42-18-38)13-9-23-27(28(33)34)24(36-29(40)35(7)30(41)37(34)36)16-26-31(5)12-10-25(43-21(4)39)20(3)22(31)8-11-32(23,26)6;1-2/h18-20,22-26H,8-17H2,1-7H3;1-2H3. The molecular weight excluding hydrogens is 570 g/mol. The number of nitrogens with zero attached hydrogens (tertiary/aromatic N) is 3. The van der Waals surface area contributed by atoms with E-state index in [1.807, 2.05) is 23.2 Å². The van der Waals surface area contributed by atoms with E-state index in [1.54, 1.807) is 7.05 Å². The van der Waals surface area contributed by atoms with Crippen molar-refractivity contribution < 1.29 is 19.1 Å². The first-order valence-electron chi connectivity index (χ1n) is 17.7. The monoisotopic (exact) mass is 625 g/mol. The van der Waals surface area contributed by atoms with Crippen LogP contribution >= 0.6 is 0 Å². The molecular formula is C36H55N3O6. The predicted molar refractivity (Wildman–Crippen MR) is 172 cm³/mol. The summed E-state index contributed by atoms with van der Waals surface area (Å²) >= 11 is 0. The molecule has 0 saturated heterocycles. The molecule has 9 nitrogen and oxygen atoms in total. The third-order valence-corrected chi connectivity index (χ3v) is 14.3. The molecule has 6 aliphatic rings. The average molecular weight is 626 g/mol. The molecule has 4 saturated carbocycles. The normalized spacial score (nSPS) is 42.4. The zero-order chi connectivity index (χ0) is 32.9. The largest absolute Gasteiger partial charge is 0.467 e. The van der Waals surface area contributed by atoms with E-state index in [-0.39, 0.29) is 57.6 Å². The van der Waals surface area contributed by atoms with Crippen molar-refractivity contribution in [2.45, 2.75) is 131 Å². The number of hydrogen-bond acceptors (Lipinski definition) is 6. The van der Waals surface area contributed by atoms with Crippen molar-refractivity contribution in [3.05, 3.63) is 32.1 Å². The first-order valence-corrected chi connectivity index (χ1v) is 17.7. The van der Waals surface area contributed by atoms with Gasteiger partial charge in [-0.2, -0.15) is 0 Å². The SMILES string of the molecule is CC.CC(=O)OC1CCC2(C)C(CCC3(C)C4CCC5(COC=O)CCC6(C(C)C)C5=C4C(CC32)n2c(=O)n(C)c(=O)n26)C1C. The van der Waals surface area contributed by atoms with Crippen LogP contribution in [0.4, 0.5) is 0 Å². The number of hydrogen-bond donors (Lipinski definition) is 0. The first kappa shape index (κ1) is 32.4. The molecule has 0 radical (unpaired) electrons. The van der Waals surface area contributed by atoms with Gasteiger partial charge in [-0.1, -0.05) is 48.5 Å². The lowest BCUT2D eigenvalue weighted by Gasteiger charge is -2.68. The molecule has 45 heavy (non-hydrogen) atoms. The summed E-state index contributed by atoms with van der Waals surface area (Å²) in [5, 5.41) is 0. The topological polar surface area (TPSA) is 102 Å². The van der Waals surface area contributed by atoms with Crippen molar-refractivity contribution in [2.24, 2.45) is 52.9 Å². The molecule has 7 rings (SSSR count). The molecule has 9 heteroatoms. The highest BCUT2D eigenvalue weighted by Gasteiger charge is 2.69. The highest BCUT2D eigenvalue weighted by molar-refractivity contribution is 5.66. The van der Waals surface area contributed by atoms with E-state index >= 15 is 0 Å². The summed E-state index contributed by atoms with van der Waals surface area (Å²) in [6.07, 6.45) is 8.41. The third kappa shape index (κ3) is 3.96. The second-order valence-electron chi connectivity index (χ2n) is 16.0. The summed E-state index contributed by atoms with van der Waals surface area (Å²) in [4.78, 5) is 51.6. The minimum atomic E-state index is -0.602. The Morgan fingerprint density at radius 1 is 1.00 bits per heavy atom. The van der Waals surface area contributed by atoms with Gasteiger partial charge in [-0.25, -0.2) is 23.5 Å². The Hall–Kier alpha value is -2.58. The summed E-state index contributed by atoms with van der Waals surface area (Å²) < 4.78 is 16.5. The fourth-order valence-corrected chi connectivity index (χ4v) is 12.5. The summed E-state index contributed by atoms with van der Waals surface area (Å²) in [6, 6.07) is -0.183. The molecule has 1 aliphatic heterocycles. The smallest absolute Gasteiger partial charge is 0.347 e. The van der Waals surface area contributed by atoms with E-state index in [0.29, 0.717) is 30.8 Å². The zero-order valence-corrected chi connectivity index (χ0v) is 29.0. The van der Waals surface area contributed by atoms with Gasteiger partial charge in [-0.05, 0) is 109 Å². The van der Waals surface area contributed by atoms with E-state index in [9.17, 15) is 19.2 Å². The van der Waals surface area contributed by atoms with Crippen molar-refractivity contribution in [2.75, 3.05) is 6.61 Å². The van der Waals surface area contributed by atoms with Gasteiger partial charge in [0.2, 0.25) is 0 Å². The van der Waals surface area contributed by atoms with Crippen LogP contribution in [0.3, 0.4) is 0 Å². The van der Waals surface area contributed by atoms with E-state index in [0.717, 1.165) is 57.8 Å². The van der Waals surface area contributed by atoms with Crippen molar-refractivity contribution >= 4 is 12.4 Å². The lowest BCUT2D eigenvalue weighted by atomic mass is 9.38. The minimum absolute atomic E-state index is 0.0419. The van der Waals surface area contributed by atoms with E-state index in [2.05, 4.69) is 34.6 Å². The molecule has 0 aromatic carbocycles. The van der Waals surface area contributed by atoms with Crippen molar-refractivity contribution in [1.29, 1.82) is 0 Å². The number of allylic oxidation sites excluding steroid dienone is 1. The van der Waals surface area contributed by atoms with Gasteiger partial charge < -0.3 is 9.47 Å². The number of carbonyl (C=O) groups excluding carboxylic acids is 2. The van der Waals surface area contributed by atoms with Gasteiger partial charge in [0.1, 0.15) is 12.7 Å². The Morgan fingerprint density at radius 2 is 1.69 bits per heavy atom. The van der Waals surface area contributed by atoms with Crippen LogP contribution in [0, 0.1) is 45.8 Å². The first-order chi connectivity index (χ1) is 21.3. The summed E-state index contributed by atoms with van der Waals surface area (Å²) in [7, 11) is 1.62. The molecule has 0 N–H and O–H groups in total. The zero-order valence-electron chi connectivity index (χ0n) is 29.0. The van der Waals surface area contributed by atoms with Gasteiger partial charge >= 0.3 is 17.3 Å². The second kappa shape index (κ2) is 10.7. The molecule has 0 spiro atoms. The van der Waals surface area contributed by atoms with Gasteiger partial charge in [0, 0.05) is 19.4 Å². The summed E-state index contributed by atoms with van der Waals surface area (Å²) in [5.74, 6) is 1.27. The fourth-order valence-electron chi connectivity index (χ4n) is 12.5. The van der Waals surface area contributed by atoms with Crippen molar-refractivity contribution in [1.82, 2.24) is 13.9 Å². The average Bonchev–Trinajstić information content (AvgIpc) is 3.47. The van der Waals surface area contributed by atoms with Crippen LogP contribution in [0.1, 0.15) is 119 Å². The molecule has 10 unspecified atom stereocenters. The number of rotatable bonds is 5. The van der Waals surface area contributed by atoms with Crippen molar-refractivity contribution in [3.8, 4) is 0 Å². The van der Waals surface area contributed by atoms with Crippen molar-refractivity contribution in [3.63, 3.8) is 0 Å². The lowest BCUT2D eigenvalue weighted by molar-refractivity contribution is -0.182. The number of aromatic nitrogens is 3. The second-order valence-corrected chi connectivity index (χ2v) is 16.0. The van der Waals surface area contributed by atoms with E-state index < -0.39 is 5.54 Å². The Kier molecular flexibility index (Phi) is 7.72. The van der Waals surface area contributed by atoms with Gasteiger partial charge in [-0.15, -0.1) is 0 Å². The molecule has 10 atom stereocenters. The summed E-state index contributed by atoms with van der Waals surface area (Å²) in [6.45, 7) is 18.1. The Bertz CT molecular complexity index is 1530. The van der Waals surface area contributed by atoms with Crippen LogP contribution in [0.5, 0.6) is 0 Å². The molecule has 4 fully saturated rings. The molecule has 0 amide bonds. The molecule has 5 aliphatic carbocycles. The molecule has 2 heterocycles. The molecule has 250 valence electrons. The molecule has 0 bridgehead atoms. The maximum atomic E-state index is 14.1. The highest BCUT2D eigenvalue weighted by atomic mass is 16.5. The lowest BCUT2D eigenvalue weighted by Crippen LogP contribution is -2.64. The van der Waals surface area contributed by atoms with E-state index in [4.69, 9.17) is 9.47 Å². The van der Waals surface area contributed by atoms with Crippen LogP contribution in [-0.2, 0) is 31.6 Å². The van der Waals surface area contributed by atoms with E-state index in [1.165, 1.54) is 22.6 Å². The Morgan fingerprint density at radius 3 is 2.33 bits per heavy atom. The molecule has 1 aromatic heterocycles. The maximum absolute atomic E-state index is 14.1. The quantitative estimate of drug-likeness (QED) is 0.235. The van der Waals surface area contributed by atoms with Crippen LogP contribution in [-0.4, -0.2) is 39.1 Å². The Labute approximate surface area is 267 Å². The van der Waals surface area contributed by atoms with Gasteiger partial charge in [0.05, 0.1) is 11.6 Å².